The Morgan fingerprint density at radius 2 is 1.85 bits per heavy atom. The van der Waals surface area contributed by atoms with Gasteiger partial charge >= 0.3 is 0 Å². The van der Waals surface area contributed by atoms with Gasteiger partial charge in [-0.2, -0.15) is 5.10 Å². The first-order chi connectivity index (χ1) is 9.83. The Bertz CT molecular complexity index is 570. The summed E-state index contributed by atoms with van der Waals surface area (Å²) in [6.45, 7) is 1.82. The van der Waals surface area contributed by atoms with E-state index < -0.39 is 0 Å². The lowest BCUT2D eigenvalue weighted by molar-refractivity contribution is -0.131. The third-order valence-corrected chi connectivity index (χ3v) is 3.72. The summed E-state index contributed by atoms with van der Waals surface area (Å²) in [5, 5.41) is 4.33. The number of benzene rings is 1. The number of hydrogen-bond donors (Lipinski definition) is 0. The van der Waals surface area contributed by atoms with Crippen LogP contribution in [0.3, 0.4) is 0 Å². The Morgan fingerprint density at radius 1 is 1.10 bits per heavy atom. The normalized spacial score (nSPS) is 15.3. The van der Waals surface area contributed by atoms with Crippen LogP contribution in [0.2, 0.25) is 0 Å². The minimum Gasteiger partial charge on any atom is -0.342 e. The molecule has 1 aromatic carbocycles. The van der Waals surface area contributed by atoms with Crippen LogP contribution in [0, 0.1) is 0 Å². The molecule has 0 unspecified atom stereocenters. The quantitative estimate of drug-likeness (QED) is 0.858. The SMILES string of the molecule is O=C(Cc1cnn(-c2ccccc2)c1)N1CCCCC1. The smallest absolute Gasteiger partial charge is 0.227 e. The molecule has 3 rings (SSSR count). The number of likely N-dealkylation sites (tertiary alicyclic amines) is 1. The van der Waals surface area contributed by atoms with Crippen molar-refractivity contribution in [2.45, 2.75) is 25.7 Å². The van der Waals surface area contributed by atoms with Crippen molar-refractivity contribution in [3.63, 3.8) is 0 Å². The van der Waals surface area contributed by atoms with Crippen LogP contribution < -0.4 is 0 Å². The first-order valence-corrected chi connectivity index (χ1v) is 7.20. The molecule has 1 amide bonds. The molecule has 2 aromatic rings. The number of hydrogen-bond acceptors (Lipinski definition) is 2. The zero-order valence-electron chi connectivity index (χ0n) is 11.5. The van der Waals surface area contributed by atoms with Gasteiger partial charge in [-0.1, -0.05) is 18.2 Å². The van der Waals surface area contributed by atoms with E-state index >= 15 is 0 Å². The topological polar surface area (TPSA) is 38.1 Å². The molecule has 0 saturated carbocycles. The molecule has 0 aliphatic carbocycles. The van der Waals surface area contributed by atoms with E-state index in [0.29, 0.717) is 6.42 Å². The van der Waals surface area contributed by atoms with Crippen LogP contribution in [0.5, 0.6) is 0 Å². The van der Waals surface area contributed by atoms with Crippen LogP contribution in [-0.4, -0.2) is 33.7 Å². The fourth-order valence-corrected chi connectivity index (χ4v) is 2.60. The number of nitrogens with zero attached hydrogens (tertiary/aromatic N) is 3. The molecule has 0 spiro atoms. The lowest BCUT2D eigenvalue weighted by Gasteiger charge is -2.26. The van der Waals surface area contributed by atoms with E-state index in [2.05, 4.69) is 5.10 Å². The van der Waals surface area contributed by atoms with Crippen molar-refractivity contribution in [3.8, 4) is 5.69 Å². The first-order valence-electron chi connectivity index (χ1n) is 7.20. The van der Waals surface area contributed by atoms with E-state index in [1.54, 1.807) is 6.20 Å². The van der Waals surface area contributed by atoms with Crippen molar-refractivity contribution >= 4 is 5.91 Å². The maximum Gasteiger partial charge on any atom is 0.227 e. The fourth-order valence-electron chi connectivity index (χ4n) is 2.60. The van der Waals surface area contributed by atoms with Gasteiger partial charge in [-0.05, 0) is 37.0 Å². The van der Waals surface area contributed by atoms with Crippen molar-refractivity contribution in [3.05, 3.63) is 48.3 Å². The molecular weight excluding hydrogens is 250 g/mol. The molecule has 1 fully saturated rings. The minimum atomic E-state index is 0.220. The molecule has 0 atom stereocenters. The zero-order chi connectivity index (χ0) is 13.8. The number of carbonyl (C=O) groups excluding carboxylic acids is 1. The monoisotopic (exact) mass is 269 g/mol. The zero-order valence-corrected chi connectivity index (χ0v) is 11.5. The fraction of sp³-hybridized carbons (Fsp3) is 0.375. The predicted octanol–water partition coefficient (Wildman–Crippen LogP) is 2.43. The summed E-state index contributed by atoms with van der Waals surface area (Å²) in [4.78, 5) is 14.2. The van der Waals surface area contributed by atoms with E-state index in [1.807, 2.05) is 46.1 Å². The Morgan fingerprint density at radius 3 is 2.60 bits per heavy atom. The second-order valence-corrected chi connectivity index (χ2v) is 5.25. The van der Waals surface area contributed by atoms with E-state index in [4.69, 9.17) is 0 Å². The highest BCUT2D eigenvalue weighted by Gasteiger charge is 2.17. The number of para-hydroxylation sites is 1. The number of amides is 1. The third-order valence-electron chi connectivity index (χ3n) is 3.72. The number of carbonyl (C=O) groups is 1. The molecule has 4 nitrogen and oxygen atoms in total. The lowest BCUT2D eigenvalue weighted by atomic mass is 10.1. The van der Waals surface area contributed by atoms with Crippen molar-refractivity contribution in [2.75, 3.05) is 13.1 Å². The molecule has 0 N–H and O–H groups in total. The summed E-state index contributed by atoms with van der Waals surface area (Å²) in [7, 11) is 0. The summed E-state index contributed by atoms with van der Waals surface area (Å²) in [6, 6.07) is 9.95. The molecule has 20 heavy (non-hydrogen) atoms. The molecule has 1 aromatic heterocycles. The van der Waals surface area contributed by atoms with Gasteiger partial charge in [-0.15, -0.1) is 0 Å². The average Bonchev–Trinajstić information content (AvgIpc) is 2.97. The van der Waals surface area contributed by atoms with Crippen molar-refractivity contribution in [1.29, 1.82) is 0 Å². The highest BCUT2D eigenvalue weighted by atomic mass is 16.2. The van der Waals surface area contributed by atoms with Crippen LogP contribution in [0.1, 0.15) is 24.8 Å². The van der Waals surface area contributed by atoms with Gasteiger partial charge in [-0.3, -0.25) is 4.79 Å². The Labute approximate surface area is 119 Å². The molecule has 1 saturated heterocycles. The van der Waals surface area contributed by atoms with Crippen LogP contribution in [0.25, 0.3) is 5.69 Å². The third kappa shape index (κ3) is 2.90. The van der Waals surface area contributed by atoms with E-state index in [0.717, 1.165) is 37.2 Å². The number of rotatable bonds is 3. The summed E-state index contributed by atoms with van der Waals surface area (Å²) >= 11 is 0. The predicted molar refractivity (Wildman–Crippen MR) is 77.7 cm³/mol. The average molecular weight is 269 g/mol. The molecule has 0 bridgehead atoms. The number of aromatic nitrogens is 2. The minimum absolute atomic E-state index is 0.220. The maximum atomic E-state index is 12.2. The van der Waals surface area contributed by atoms with Gasteiger partial charge in [-0.25, -0.2) is 4.68 Å². The van der Waals surface area contributed by atoms with Gasteiger partial charge < -0.3 is 4.90 Å². The standard InChI is InChI=1S/C16H19N3O/c20-16(18-9-5-2-6-10-18)11-14-12-17-19(13-14)15-7-3-1-4-8-15/h1,3-4,7-8,12-13H,2,5-6,9-11H2. The van der Waals surface area contributed by atoms with E-state index in [-0.39, 0.29) is 5.91 Å². The van der Waals surface area contributed by atoms with Crippen molar-refractivity contribution in [1.82, 2.24) is 14.7 Å². The van der Waals surface area contributed by atoms with Crippen LogP contribution >= 0.6 is 0 Å². The lowest BCUT2D eigenvalue weighted by Crippen LogP contribution is -2.36. The summed E-state index contributed by atoms with van der Waals surface area (Å²) < 4.78 is 1.82. The second kappa shape index (κ2) is 5.90. The Kier molecular flexibility index (Phi) is 3.81. The highest BCUT2D eigenvalue weighted by molar-refractivity contribution is 5.78. The van der Waals surface area contributed by atoms with E-state index in [1.165, 1.54) is 6.42 Å². The molecule has 2 heterocycles. The van der Waals surface area contributed by atoms with Gasteiger partial charge in [0, 0.05) is 19.3 Å². The molecule has 0 radical (unpaired) electrons. The molecule has 1 aliphatic heterocycles. The van der Waals surface area contributed by atoms with Crippen LogP contribution in [-0.2, 0) is 11.2 Å². The van der Waals surface area contributed by atoms with Crippen molar-refractivity contribution < 1.29 is 4.79 Å². The molecular formula is C16H19N3O. The van der Waals surface area contributed by atoms with Crippen LogP contribution in [0.15, 0.2) is 42.7 Å². The molecule has 1 aliphatic rings. The van der Waals surface area contributed by atoms with Gasteiger partial charge in [0.15, 0.2) is 0 Å². The highest BCUT2D eigenvalue weighted by Crippen LogP contribution is 2.12. The van der Waals surface area contributed by atoms with Crippen LogP contribution in [0.4, 0.5) is 0 Å². The van der Waals surface area contributed by atoms with Gasteiger partial charge in [0.25, 0.3) is 0 Å². The summed E-state index contributed by atoms with van der Waals surface area (Å²) in [5.41, 5.74) is 1.99. The largest absolute Gasteiger partial charge is 0.342 e. The second-order valence-electron chi connectivity index (χ2n) is 5.25. The van der Waals surface area contributed by atoms with Crippen molar-refractivity contribution in [2.24, 2.45) is 0 Å². The molecule has 104 valence electrons. The molecule has 4 heteroatoms. The number of piperidine rings is 1. The Hall–Kier alpha value is -2.10. The first kappa shape index (κ1) is 12.9. The summed E-state index contributed by atoms with van der Waals surface area (Å²) in [5.74, 6) is 0.220. The van der Waals surface area contributed by atoms with E-state index in [9.17, 15) is 4.79 Å². The maximum absolute atomic E-state index is 12.2. The van der Waals surface area contributed by atoms with Gasteiger partial charge in [0.2, 0.25) is 5.91 Å². The van der Waals surface area contributed by atoms with Gasteiger partial charge in [0.05, 0.1) is 18.3 Å². The summed E-state index contributed by atoms with van der Waals surface area (Å²) in [6.07, 6.45) is 7.69. The Balaban J connectivity index is 1.66. The van der Waals surface area contributed by atoms with Gasteiger partial charge in [0.1, 0.15) is 0 Å².